The first-order chi connectivity index (χ1) is 21.1. The van der Waals surface area contributed by atoms with Crippen LogP contribution in [0.5, 0.6) is 11.5 Å². The number of ether oxygens (including phenoxy) is 2. The van der Waals surface area contributed by atoms with E-state index >= 15 is 0 Å². The smallest absolute Gasteiger partial charge is 0.490 e. The van der Waals surface area contributed by atoms with Crippen molar-refractivity contribution in [1.29, 1.82) is 5.26 Å². The van der Waals surface area contributed by atoms with Crippen molar-refractivity contribution in [2.24, 2.45) is 0 Å². The number of benzene rings is 2. The van der Waals surface area contributed by atoms with Crippen molar-refractivity contribution in [1.82, 2.24) is 20.1 Å². The first-order valence-corrected chi connectivity index (χ1v) is 14.5. The summed E-state index contributed by atoms with van der Waals surface area (Å²) in [5.74, 6) is 0.00304. The fourth-order valence-corrected chi connectivity index (χ4v) is 5.35. The average molecular weight is 608 g/mol. The fraction of sp³-hybridized carbons (Fsp3) is 0.375. The van der Waals surface area contributed by atoms with Crippen molar-refractivity contribution >= 4 is 11.8 Å². The maximum absolute atomic E-state index is 13.0. The van der Waals surface area contributed by atoms with E-state index in [4.69, 9.17) is 10.00 Å². The number of aromatic nitrogens is 1. The van der Waals surface area contributed by atoms with Crippen molar-refractivity contribution in [3.63, 3.8) is 0 Å². The van der Waals surface area contributed by atoms with E-state index in [1.165, 1.54) is 18.3 Å². The third-order valence-corrected chi connectivity index (χ3v) is 7.75. The van der Waals surface area contributed by atoms with Crippen LogP contribution in [0.1, 0.15) is 57.7 Å². The summed E-state index contributed by atoms with van der Waals surface area (Å²) in [6.07, 6.45) is -0.502. The van der Waals surface area contributed by atoms with E-state index in [0.29, 0.717) is 49.4 Å². The van der Waals surface area contributed by atoms with Crippen LogP contribution in [-0.4, -0.2) is 71.3 Å². The van der Waals surface area contributed by atoms with Gasteiger partial charge in [0.05, 0.1) is 17.2 Å². The molecule has 3 heterocycles. The number of amides is 2. The standard InChI is InChI=1S/C32H32F3N5O4/c33-32(34,35)44-28-8-3-23(4-9-28)21-39-15-11-25(12-16-39)38-30(41)24-5-10-29(37-20-24)31(42)40-17-13-27(14-18-40)43-26-6-1-22(19-36)2-7-26/h1-10,20,25,27H,11-18,21H2,(H,38,41). The summed E-state index contributed by atoms with van der Waals surface area (Å²) in [6.45, 7) is 3.11. The number of nitriles is 1. The molecular weight excluding hydrogens is 575 g/mol. The zero-order valence-corrected chi connectivity index (χ0v) is 23.9. The van der Waals surface area contributed by atoms with E-state index in [-0.39, 0.29) is 35.4 Å². The lowest BCUT2D eigenvalue weighted by Gasteiger charge is -2.32. The Morgan fingerprint density at radius 1 is 0.909 bits per heavy atom. The van der Waals surface area contributed by atoms with E-state index in [0.717, 1.165) is 31.5 Å². The van der Waals surface area contributed by atoms with Crippen LogP contribution >= 0.6 is 0 Å². The molecule has 0 saturated carbocycles. The van der Waals surface area contributed by atoms with Gasteiger partial charge in [-0.3, -0.25) is 19.5 Å². The van der Waals surface area contributed by atoms with E-state index in [2.05, 4.69) is 26.0 Å². The van der Waals surface area contributed by atoms with E-state index in [1.54, 1.807) is 53.4 Å². The minimum atomic E-state index is -4.72. The van der Waals surface area contributed by atoms with Crippen molar-refractivity contribution in [3.8, 4) is 17.6 Å². The predicted molar refractivity (Wildman–Crippen MR) is 154 cm³/mol. The topological polar surface area (TPSA) is 108 Å². The highest BCUT2D eigenvalue weighted by Gasteiger charge is 2.31. The summed E-state index contributed by atoms with van der Waals surface area (Å²) < 4.78 is 47.0. The number of hydrogen-bond acceptors (Lipinski definition) is 7. The van der Waals surface area contributed by atoms with Crippen LogP contribution in [0, 0.1) is 11.3 Å². The molecule has 2 amide bonds. The summed E-state index contributed by atoms with van der Waals surface area (Å²) in [4.78, 5) is 34.0. The fourth-order valence-electron chi connectivity index (χ4n) is 5.35. The van der Waals surface area contributed by atoms with Crippen molar-refractivity contribution in [2.75, 3.05) is 26.2 Å². The van der Waals surface area contributed by atoms with Gasteiger partial charge in [-0.05, 0) is 66.9 Å². The van der Waals surface area contributed by atoms with Crippen LogP contribution in [0.25, 0.3) is 0 Å². The van der Waals surface area contributed by atoms with Gasteiger partial charge in [-0.25, -0.2) is 0 Å². The summed E-state index contributed by atoms with van der Waals surface area (Å²) >= 11 is 0. The number of pyridine rings is 1. The molecule has 0 radical (unpaired) electrons. The Kier molecular flexibility index (Phi) is 9.65. The largest absolute Gasteiger partial charge is 0.573 e. The first kappa shape index (κ1) is 30.8. The van der Waals surface area contributed by atoms with Gasteiger partial charge in [0.25, 0.3) is 11.8 Å². The van der Waals surface area contributed by atoms with Crippen molar-refractivity contribution in [2.45, 2.75) is 50.7 Å². The van der Waals surface area contributed by atoms with Crippen LogP contribution < -0.4 is 14.8 Å². The molecule has 9 nitrogen and oxygen atoms in total. The number of alkyl halides is 3. The van der Waals surface area contributed by atoms with Gasteiger partial charge < -0.3 is 19.7 Å². The number of hydrogen-bond donors (Lipinski definition) is 1. The van der Waals surface area contributed by atoms with Gasteiger partial charge in [0.15, 0.2) is 0 Å². The van der Waals surface area contributed by atoms with Crippen LogP contribution in [0.4, 0.5) is 13.2 Å². The lowest BCUT2D eigenvalue weighted by molar-refractivity contribution is -0.274. The van der Waals surface area contributed by atoms with Crippen molar-refractivity contribution in [3.05, 3.63) is 89.2 Å². The number of nitrogens with zero attached hydrogens (tertiary/aromatic N) is 4. The zero-order valence-electron chi connectivity index (χ0n) is 23.9. The molecule has 5 rings (SSSR count). The Morgan fingerprint density at radius 2 is 1.57 bits per heavy atom. The highest BCUT2D eigenvalue weighted by atomic mass is 19.4. The Bertz CT molecular complexity index is 1460. The molecule has 2 fully saturated rings. The monoisotopic (exact) mass is 607 g/mol. The third-order valence-electron chi connectivity index (χ3n) is 7.75. The minimum absolute atomic E-state index is 0.0181. The molecule has 2 aliphatic heterocycles. The van der Waals surface area contributed by atoms with Crippen molar-refractivity contribution < 1.29 is 32.2 Å². The molecule has 2 saturated heterocycles. The first-order valence-electron chi connectivity index (χ1n) is 14.5. The number of piperidine rings is 2. The molecule has 12 heteroatoms. The van der Waals surface area contributed by atoms with Gasteiger partial charge in [0, 0.05) is 57.8 Å². The quantitative estimate of drug-likeness (QED) is 0.387. The normalized spacial score (nSPS) is 16.6. The average Bonchev–Trinajstić information content (AvgIpc) is 3.03. The maximum atomic E-state index is 13.0. The summed E-state index contributed by atoms with van der Waals surface area (Å²) in [5, 5.41) is 12.0. The van der Waals surface area contributed by atoms with Crippen LogP contribution in [0.15, 0.2) is 66.9 Å². The van der Waals surface area contributed by atoms with Crippen LogP contribution in [0.2, 0.25) is 0 Å². The number of halogens is 3. The molecule has 0 bridgehead atoms. The SMILES string of the molecule is N#Cc1ccc(OC2CCN(C(=O)c3ccc(C(=O)NC4CCN(Cc5ccc(OC(F)(F)F)cc5)CC4)cn3)CC2)cc1. The number of carbonyl (C=O) groups is 2. The van der Waals surface area contributed by atoms with Crippen LogP contribution in [0.3, 0.4) is 0 Å². The number of carbonyl (C=O) groups excluding carboxylic acids is 2. The predicted octanol–water partition coefficient (Wildman–Crippen LogP) is 4.93. The van der Waals surface area contributed by atoms with Crippen LogP contribution in [-0.2, 0) is 6.54 Å². The summed E-state index contributed by atoms with van der Waals surface area (Å²) in [7, 11) is 0. The molecule has 0 spiro atoms. The Labute approximate surface area is 253 Å². The Balaban J connectivity index is 1.03. The molecule has 1 aromatic heterocycles. The van der Waals surface area contributed by atoms with E-state index in [1.807, 2.05) is 0 Å². The molecule has 44 heavy (non-hydrogen) atoms. The number of rotatable bonds is 8. The highest BCUT2D eigenvalue weighted by Crippen LogP contribution is 2.24. The Morgan fingerprint density at radius 3 is 2.16 bits per heavy atom. The lowest BCUT2D eigenvalue weighted by atomic mass is 10.0. The molecule has 0 atom stereocenters. The molecule has 2 aromatic carbocycles. The van der Waals surface area contributed by atoms with E-state index in [9.17, 15) is 22.8 Å². The summed E-state index contributed by atoms with van der Waals surface area (Å²) in [5.41, 5.74) is 2.10. The molecule has 230 valence electrons. The molecule has 0 unspecified atom stereocenters. The van der Waals surface area contributed by atoms with Gasteiger partial charge >= 0.3 is 6.36 Å². The molecule has 1 N–H and O–H groups in total. The molecule has 0 aliphatic carbocycles. The van der Waals surface area contributed by atoms with E-state index < -0.39 is 6.36 Å². The van der Waals surface area contributed by atoms with Gasteiger partial charge in [-0.2, -0.15) is 5.26 Å². The summed E-state index contributed by atoms with van der Waals surface area (Å²) in [6, 6.07) is 18.1. The molecular formula is C32H32F3N5O4. The molecule has 3 aromatic rings. The Hall–Kier alpha value is -4.63. The second-order valence-electron chi connectivity index (χ2n) is 10.9. The maximum Gasteiger partial charge on any atom is 0.573 e. The molecule has 2 aliphatic rings. The number of likely N-dealkylation sites (tertiary alicyclic amines) is 2. The number of nitrogens with one attached hydrogen (secondary N) is 1. The highest BCUT2D eigenvalue weighted by molar-refractivity contribution is 5.96. The van der Waals surface area contributed by atoms with Gasteiger partial charge in [-0.1, -0.05) is 12.1 Å². The van der Waals surface area contributed by atoms with Gasteiger partial charge in [0.1, 0.15) is 23.3 Å². The zero-order chi connectivity index (χ0) is 31.1. The van der Waals surface area contributed by atoms with Gasteiger partial charge in [-0.15, -0.1) is 13.2 Å². The second-order valence-corrected chi connectivity index (χ2v) is 10.9. The lowest BCUT2D eigenvalue weighted by Crippen LogP contribution is -2.44. The minimum Gasteiger partial charge on any atom is -0.490 e. The second kappa shape index (κ2) is 13.8. The van der Waals surface area contributed by atoms with Gasteiger partial charge in [0.2, 0.25) is 0 Å². The third kappa shape index (κ3) is 8.48.